The Kier molecular flexibility index (Phi) is 6.23. The van der Waals surface area contributed by atoms with Crippen molar-refractivity contribution in [3.63, 3.8) is 0 Å². The Balaban J connectivity index is 1.38. The number of carbonyl (C=O) groups is 3. The average Bonchev–Trinajstić information content (AvgIpc) is 3.20. The fraction of sp³-hybridized carbons (Fsp3) is 0.320. The number of nitrogens with zero attached hydrogens (tertiary/aromatic N) is 1. The molecule has 0 aliphatic carbocycles. The summed E-state index contributed by atoms with van der Waals surface area (Å²) in [6.07, 6.45) is 2.96. The topological polar surface area (TPSA) is 66.5 Å². The monoisotopic (exact) mass is 436 g/mol. The van der Waals surface area contributed by atoms with Crippen molar-refractivity contribution < 1.29 is 14.4 Å². The molecule has 2 aliphatic heterocycles. The Hall–Kier alpha value is -2.92. The molecule has 2 heterocycles. The summed E-state index contributed by atoms with van der Waals surface area (Å²) in [4.78, 5) is 40.2. The van der Waals surface area contributed by atoms with Gasteiger partial charge in [-0.1, -0.05) is 54.1 Å². The molecule has 31 heavy (non-hydrogen) atoms. The van der Waals surface area contributed by atoms with Crippen molar-refractivity contribution in [1.29, 1.82) is 0 Å². The van der Waals surface area contributed by atoms with E-state index in [2.05, 4.69) is 5.32 Å². The molecule has 2 aromatic carbocycles. The van der Waals surface area contributed by atoms with Gasteiger partial charge in [0.2, 0.25) is 5.78 Å². The van der Waals surface area contributed by atoms with Gasteiger partial charge < -0.3 is 10.2 Å². The highest BCUT2D eigenvalue weighted by Crippen LogP contribution is 2.27. The van der Waals surface area contributed by atoms with Gasteiger partial charge in [-0.05, 0) is 43.5 Å². The molecule has 1 fully saturated rings. The summed E-state index contributed by atoms with van der Waals surface area (Å²) in [5.41, 5.74) is 2.47. The number of rotatable bonds is 5. The molecule has 1 saturated heterocycles. The number of halogens is 1. The van der Waals surface area contributed by atoms with E-state index in [9.17, 15) is 14.4 Å². The molecule has 0 spiro atoms. The quantitative estimate of drug-likeness (QED) is 0.568. The second kappa shape index (κ2) is 9.06. The lowest BCUT2D eigenvalue weighted by Crippen LogP contribution is -2.46. The number of benzene rings is 2. The first-order chi connectivity index (χ1) is 14.9. The number of Topliss-reactive ketones (excluding diaryl/α,β-unsaturated/α-hetero) is 2. The summed E-state index contributed by atoms with van der Waals surface area (Å²) in [6.45, 7) is 2.73. The molecule has 2 aromatic rings. The van der Waals surface area contributed by atoms with Crippen LogP contribution in [-0.4, -0.2) is 41.5 Å². The molecule has 2 aliphatic rings. The maximum absolute atomic E-state index is 12.9. The van der Waals surface area contributed by atoms with Crippen LogP contribution in [0.15, 0.2) is 60.7 Å². The normalized spacial score (nSPS) is 21.4. The molecule has 2 unspecified atom stereocenters. The van der Waals surface area contributed by atoms with Gasteiger partial charge in [0, 0.05) is 41.3 Å². The molecule has 4 rings (SSSR count). The molecule has 0 aromatic heterocycles. The summed E-state index contributed by atoms with van der Waals surface area (Å²) in [5.74, 6) is -1.46. The number of nitrogens with one attached hydrogen (secondary N) is 1. The Morgan fingerprint density at radius 2 is 1.71 bits per heavy atom. The summed E-state index contributed by atoms with van der Waals surface area (Å²) in [7, 11) is 0. The smallest absolute Gasteiger partial charge is 0.290 e. The summed E-state index contributed by atoms with van der Waals surface area (Å²) >= 11 is 6.00. The fourth-order valence-electron chi connectivity index (χ4n) is 4.33. The summed E-state index contributed by atoms with van der Waals surface area (Å²) in [5, 5.41) is 3.85. The minimum atomic E-state index is -0.492. The Morgan fingerprint density at radius 1 is 1.00 bits per heavy atom. The standard InChI is InChI=1S/C25H25ClN2O3/c1-16-21(15-22(27-16)17-6-3-2-4-7-17)24(30)25(31)28-12-10-18(11-13-28)23(29)19-8-5-9-20(26)14-19/h2-9,14-16,18,21,27H,10-13H2,1H3. The highest BCUT2D eigenvalue weighted by molar-refractivity contribution is 6.37. The van der Waals surface area contributed by atoms with Gasteiger partial charge in [0.1, 0.15) is 0 Å². The van der Waals surface area contributed by atoms with Crippen LogP contribution in [0.2, 0.25) is 5.02 Å². The summed E-state index contributed by atoms with van der Waals surface area (Å²) < 4.78 is 0. The number of ketones is 2. The van der Waals surface area contributed by atoms with Crippen LogP contribution in [0.4, 0.5) is 0 Å². The number of hydrogen-bond donors (Lipinski definition) is 1. The SMILES string of the molecule is CC1NC(c2ccccc2)=CC1C(=O)C(=O)N1CCC(C(=O)c2cccc(Cl)c2)CC1. The third kappa shape index (κ3) is 4.57. The van der Waals surface area contributed by atoms with E-state index in [-0.39, 0.29) is 17.7 Å². The first-order valence-electron chi connectivity index (χ1n) is 10.6. The van der Waals surface area contributed by atoms with Crippen LogP contribution < -0.4 is 5.32 Å². The van der Waals surface area contributed by atoms with Gasteiger partial charge in [0.25, 0.3) is 5.91 Å². The van der Waals surface area contributed by atoms with E-state index in [4.69, 9.17) is 11.6 Å². The fourth-order valence-corrected chi connectivity index (χ4v) is 4.52. The first kappa shape index (κ1) is 21.3. The highest BCUT2D eigenvalue weighted by atomic mass is 35.5. The lowest BCUT2D eigenvalue weighted by molar-refractivity contribution is -0.147. The second-order valence-corrected chi connectivity index (χ2v) is 8.65. The zero-order chi connectivity index (χ0) is 22.0. The maximum atomic E-state index is 12.9. The zero-order valence-corrected chi connectivity index (χ0v) is 18.1. The van der Waals surface area contributed by atoms with E-state index in [1.54, 1.807) is 29.2 Å². The Labute approximate surface area is 187 Å². The van der Waals surface area contributed by atoms with Crippen LogP contribution >= 0.6 is 11.6 Å². The maximum Gasteiger partial charge on any atom is 0.290 e. The Morgan fingerprint density at radius 3 is 2.39 bits per heavy atom. The molecule has 6 heteroatoms. The minimum Gasteiger partial charge on any atom is -0.381 e. The van der Waals surface area contributed by atoms with Gasteiger partial charge in [-0.25, -0.2) is 0 Å². The van der Waals surface area contributed by atoms with E-state index in [1.165, 1.54) is 0 Å². The van der Waals surface area contributed by atoms with Gasteiger partial charge >= 0.3 is 0 Å². The number of likely N-dealkylation sites (tertiary alicyclic amines) is 1. The first-order valence-corrected chi connectivity index (χ1v) is 11.0. The van der Waals surface area contributed by atoms with Gasteiger partial charge in [0.15, 0.2) is 5.78 Å². The lowest BCUT2D eigenvalue weighted by Gasteiger charge is -2.31. The molecule has 2 atom stereocenters. The highest BCUT2D eigenvalue weighted by Gasteiger charge is 2.37. The van der Waals surface area contributed by atoms with Crippen molar-refractivity contribution in [1.82, 2.24) is 10.2 Å². The predicted molar refractivity (Wildman–Crippen MR) is 121 cm³/mol. The predicted octanol–water partition coefficient (Wildman–Crippen LogP) is 3.98. The van der Waals surface area contributed by atoms with Gasteiger partial charge in [-0.2, -0.15) is 0 Å². The molecule has 1 amide bonds. The molecule has 0 bridgehead atoms. The molecular weight excluding hydrogens is 412 g/mol. The van der Waals surface area contributed by atoms with Gasteiger partial charge in [0.05, 0.1) is 5.92 Å². The Bertz CT molecular complexity index is 1030. The lowest BCUT2D eigenvalue weighted by atomic mass is 9.88. The van der Waals surface area contributed by atoms with Gasteiger partial charge in [-0.3, -0.25) is 14.4 Å². The van der Waals surface area contributed by atoms with Crippen LogP contribution in [0.5, 0.6) is 0 Å². The van der Waals surface area contributed by atoms with Crippen LogP contribution in [0.25, 0.3) is 5.70 Å². The average molecular weight is 437 g/mol. The van der Waals surface area contributed by atoms with E-state index in [0.29, 0.717) is 36.5 Å². The minimum absolute atomic E-state index is 0.0463. The van der Waals surface area contributed by atoms with Crippen molar-refractivity contribution in [2.45, 2.75) is 25.8 Å². The van der Waals surface area contributed by atoms with E-state index in [0.717, 1.165) is 11.3 Å². The molecule has 160 valence electrons. The zero-order valence-electron chi connectivity index (χ0n) is 17.4. The van der Waals surface area contributed by atoms with Crippen molar-refractivity contribution in [2.75, 3.05) is 13.1 Å². The van der Waals surface area contributed by atoms with Crippen LogP contribution in [0, 0.1) is 11.8 Å². The number of carbonyl (C=O) groups excluding carboxylic acids is 3. The van der Waals surface area contributed by atoms with Crippen molar-refractivity contribution >= 4 is 34.8 Å². The van der Waals surface area contributed by atoms with Crippen LogP contribution in [0.3, 0.4) is 0 Å². The molecule has 5 nitrogen and oxygen atoms in total. The molecular formula is C25H25ClN2O3. The van der Waals surface area contributed by atoms with Gasteiger partial charge in [-0.15, -0.1) is 0 Å². The third-order valence-electron chi connectivity index (χ3n) is 6.13. The molecule has 0 saturated carbocycles. The van der Waals surface area contributed by atoms with Crippen LogP contribution in [-0.2, 0) is 9.59 Å². The van der Waals surface area contributed by atoms with E-state index in [1.807, 2.05) is 43.3 Å². The number of piperidine rings is 1. The summed E-state index contributed by atoms with van der Waals surface area (Å²) in [6, 6.07) is 16.6. The third-order valence-corrected chi connectivity index (χ3v) is 6.36. The van der Waals surface area contributed by atoms with E-state index < -0.39 is 17.6 Å². The second-order valence-electron chi connectivity index (χ2n) is 8.21. The van der Waals surface area contributed by atoms with Crippen LogP contribution in [0.1, 0.15) is 35.7 Å². The number of hydrogen-bond acceptors (Lipinski definition) is 4. The van der Waals surface area contributed by atoms with E-state index >= 15 is 0 Å². The molecule has 0 radical (unpaired) electrons. The number of amides is 1. The van der Waals surface area contributed by atoms with Crippen molar-refractivity contribution in [3.05, 3.63) is 76.8 Å². The van der Waals surface area contributed by atoms with Crippen molar-refractivity contribution in [3.8, 4) is 0 Å². The molecule has 1 N–H and O–H groups in total. The van der Waals surface area contributed by atoms with Crippen molar-refractivity contribution in [2.24, 2.45) is 11.8 Å². The largest absolute Gasteiger partial charge is 0.381 e.